The van der Waals surface area contributed by atoms with E-state index in [9.17, 15) is 9.59 Å². The summed E-state index contributed by atoms with van der Waals surface area (Å²) in [4.78, 5) is 29.5. The summed E-state index contributed by atoms with van der Waals surface area (Å²) >= 11 is 0. The van der Waals surface area contributed by atoms with Crippen LogP contribution in [0.3, 0.4) is 0 Å². The summed E-state index contributed by atoms with van der Waals surface area (Å²) in [5.74, 6) is 0.628. The van der Waals surface area contributed by atoms with Gasteiger partial charge in [0.2, 0.25) is 5.91 Å². The van der Waals surface area contributed by atoms with Crippen molar-refractivity contribution in [3.63, 3.8) is 0 Å². The summed E-state index contributed by atoms with van der Waals surface area (Å²) in [6.07, 6.45) is 1.77. The molecule has 1 amide bonds. The van der Waals surface area contributed by atoms with Gasteiger partial charge in [0.1, 0.15) is 6.54 Å². The first-order chi connectivity index (χ1) is 11.6. The molecule has 3 heterocycles. The second-order valence-corrected chi connectivity index (χ2v) is 6.15. The molecule has 4 rings (SSSR count). The van der Waals surface area contributed by atoms with Crippen molar-refractivity contribution in [1.82, 2.24) is 19.6 Å². The molecule has 0 aliphatic carbocycles. The molecule has 7 heteroatoms. The standard InChI is InChI=1S/C17H18N4O3/c1-11-9-15(24-19-11)14-7-4-8-20(14)16(22)10-21-13-6-3-2-5-12(13)18-17(21)23/h2-3,5-6,9,14H,4,7-8,10H2,1H3,(H,18,23)/t14-/m0/s1. The predicted molar refractivity (Wildman–Crippen MR) is 87.5 cm³/mol. The first-order valence-electron chi connectivity index (χ1n) is 8.04. The van der Waals surface area contributed by atoms with Gasteiger partial charge in [-0.3, -0.25) is 9.36 Å². The van der Waals surface area contributed by atoms with Crippen molar-refractivity contribution in [2.75, 3.05) is 6.54 Å². The Labute approximate surface area is 137 Å². The quantitative estimate of drug-likeness (QED) is 0.798. The second kappa shape index (κ2) is 5.67. The molecule has 7 nitrogen and oxygen atoms in total. The summed E-state index contributed by atoms with van der Waals surface area (Å²) in [6.45, 7) is 2.55. The fourth-order valence-corrected chi connectivity index (χ4v) is 3.39. The highest BCUT2D eigenvalue weighted by Gasteiger charge is 2.32. The van der Waals surface area contributed by atoms with E-state index in [0.29, 0.717) is 12.3 Å². The Morgan fingerprint density at radius 1 is 1.42 bits per heavy atom. The fourth-order valence-electron chi connectivity index (χ4n) is 3.39. The second-order valence-electron chi connectivity index (χ2n) is 6.15. The molecular formula is C17H18N4O3. The van der Waals surface area contributed by atoms with Crippen LogP contribution in [0.5, 0.6) is 0 Å². The number of rotatable bonds is 3. The highest BCUT2D eigenvalue weighted by atomic mass is 16.5. The van der Waals surface area contributed by atoms with E-state index in [0.717, 1.165) is 29.6 Å². The Morgan fingerprint density at radius 2 is 2.25 bits per heavy atom. The van der Waals surface area contributed by atoms with Crippen LogP contribution >= 0.6 is 0 Å². The maximum absolute atomic E-state index is 12.8. The van der Waals surface area contributed by atoms with Crippen molar-refractivity contribution in [2.45, 2.75) is 32.4 Å². The maximum atomic E-state index is 12.8. The van der Waals surface area contributed by atoms with Gasteiger partial charge >= 0.3 is 5.69 Å². The molecule has 1 aliphatic heterocycles. The molecule has 0 saturated carbocycles. The minimum atomic E-state index is -0.268. The van der Waals surface area contributed by atoms with E-state index in [1.807, 2.05) is 37.3 Å². The topological polar surface area (TPSA) is 84.1 Å². The van der Waals surface area contributed by atoms with E-state index in [2.05, 4.69) is 10.1 Å². The number of benzene rings is 1. The monoisotopic (exact) mass is 326 g/mol. The Kier molecular flexibility index (Phi) is 3.48. The molecule has 1 aromatic carbocycles. The van der Waals surface area contributed by atoms with Crippen LogP contribution < -0.4 is 5.69 Å². The largest absolute Gasteiger partial charge is 0.359 e. The summed E-state index contributed by atoms with van der Waals surface area (Å²) < 4.78 is 6.82. The molecule has 0 radical (unpaired) electrons. The van der Waals surface area contributed by atoms with Crippen LogP contribution in [0.15, 0.2) is 39.6 Å². The third kappa shape index (κ3) is 2.42. The number of nitrogens with one attached hydrogen (secondary N) is 1. The van der Waals surface area contributed by atoms with Crippen molar-refractivity contribution >= 4 is 16.9 Å². The molecule has 1 saturated heterocycles. The number of carbonyl (C=O) groups excluding carboxylic acids is 1. The van der Waals surface area contributed by atoms with Crippen molar-refractivity contribution in [1.29, 1.82) is 0 Å². The predicted octanol–water partition coefficient (Wildman–Crippen LogP) is 1.99. The number of aryl methyl sites for hydroxylation is 1. The van der Waals surface area contributed by atoms with Crippen LogP contribution in [0.2, 0.25) is 0 Å². The van der Waals surface area contributed by atoms with Crippen LogP contribution in [0, 0.1) is 6.92 Å². The number of nitrogens with zero attached hydrogens (tertiary/aromatic N) is 3. The van der Waals surface area contributed by atoms with Gasteiger partial charge in [0.05, 0.1) is 22.8 Å². The number of likely N-dealkylation sites (tertiary alicyclic amines) is 1. The van der Waals surface area contributed by atoms with Gasteiger partial charge in [0.25, 0.3) is 0 Å². The van der Waals surface area contributed by atoms with Crippen LogP contribution in [0.25, 0.3) is 11.0 Å². The number of aromatic amines is 1. The third-order valence-electron chi connectivity index (χ3n) is 4.52. The number of fused-ring (bicyclic) bond motifs is 1. The van der Waals surface area contributed by atoms with Crippen LogP contribution in [-0.4, -0.2) is 32.1 Å². The highest BCUT2D eigenvalue weighted by molar-refractivity contribution is 5.81. The minimum Gasteiger partial charge on any atom is -0.359 e. The number of imidazole rings is 1. The zero-order valence-electron chi connectivity index (χ0n) is 13.4. The molecule has 0 spiro atoms. The number of aromatic nitrogens is 3. The van der Waals surface area contributed by atoms with E-state index in [-0.39, 0.29) is 24.2 Å². The van der Waals surface area contributed by atoms with Crippen molar-refractivity contribution < 1.29 is 9.32 Å². The van der Waals surface area contributed by atoms with Crippen LogP contribution in [0.1, 0.15) is 30.3 Å². The molecule has 0 unspecified atom stereocenters. The number of carbonyl (C=O) groups is 1. The SMILES string of the molecule is Cc1cc([C@@H]2CCCN2C(=O)Cn2c(=O)[nH]c3ccccc32)on1. The highest BCUT2D eigenvalue weighted by Crippen LogP contribution is 2.32. The number of para-hydroxylation sites is 2. The number of hydrogen-bond donors (Lipinski definition) is 1. The third-order valence-corrected chi connectivity index (χ3v) is 4.52. The lowest BCUT2D eigenvalue weighted by Crippen LogP contribution is -2.35. The minimum absolute atomic E-state index is 0.0203. The molecule has 1 aliphatic rings. The van der Waals surface area contributed by atoms with E-state index >= 15 is 0 Å². The Bertz CT molecular complexity index is 952. The Hall–Kier alpha value is -2.83. The lowest BCUT2D eigenvalue weighted by atomic mass is 10.1. The van der Waals surface area contributed by atoms with Gasteiger partial charge in [0.15, 0.2) is 5.76 Å². The Balaban J connectivity index is 1.61. The fraction of sp³-hybridized carbons (Fsp3) is 0.353. The zero-order valence-corrected chi connectivity index (χ0v) is 13.4. The van der Waals surface area contributed by atoms with Crippen molar-refractivity contribution in [3.05, 3.63) is 52.3 Å². The maximum Gasteiger partial charge on any atom is 0.326 e. The van der Waals surface area contributed by atoms with Gasteiger partial charge in [0, 0.05) is 12.6 Å². The molecule has 1 fully saturated rings. The van der Waals surface area contributed by atoms with E-state index in [1.54, 1.807) is 4.90 Å². The lowest BCUT2D eigenvalue weighted by molar-refractivity contribution is -0.133. The summed E-state index contributed by atoms with van der Waals surface area (Å²) in [5.41, 5.74) is 2.01. The first kappa shape index (κ1) is 14.7. The summed E-state index contributed by atoms with van der Waals surface area (Å²) in [6, 6.07) is 9.14. The number of H-pyrrole nitrogens is 1. The van der Waals surface area contributed by atoms with E-state index in [4.69, 9.17) is 4.52 Å². The van der Waals surface area contributed by atoms with Gasteiger partial charge in [-0.05, 0) is 31.9 Å². The molecule has 0 bridgehead atoms. The molecule has 3 aromatic rings. The molecule has 24 heavy (non-hydrogen) atoms. The average molecular weight is 326 g/mol. The van der Waals surface area contributed by atoms with Crippen molar-refractivity contribution in [2.24, 2.45) is 0 Å². The number of amides is 1. The number of hydrogen-bond acceptors (Lipinski definition) is 4. The summed E-state index contributed by atoms with van der Waals surface area (Å²) in [5, 5.41) is 3.91. The zero-order chi connectivity index (χ0) is 16.7. The first-order valence-corrected chi connectivity index (χ1v) is 8.04. The average Bonchev–Trinajstić information content (AvgIpc) is 3.27. The van der Waals surface area contributed by atoms with Gasteiger partial charge in [-0.1, -0.05) is 17.3 Å². The molecule has 2 aromatic heterocycles. The molecule has 1 N–H and O–H groups in total. The molecule has 1 atom stereocenters. The van der Waals surface area contributed by atoms with Crippen molar-refractivity contribution in [3.8, 4) is 0 Å². The smallest absolute Gasteiger partial charge is 0.326 e. The molecular weight excluding hydrogens is 308 g/mol. The van der Waals surface area contributed by atoms with Crippen LogP contribution in [0.4, 0.5) is 0 Å². The molecule has 124 valence electrons. The van der Waals surface area contributed by atoms with Gasteiger partial charge < -0.3 is 14.4 Å². The lowest BCUT2D eigenvalue weighted by Gasteiger charge is -2.22. The van der Waals surface area contributed by atoms with E-state index < -0.39 is 0 Å². The van der Waals surface area contributed by atoms with Gasteiger partial charge in [-0.25, -0.2) is 4.79 Å². The normalized spacial score (nSPS) is 17.7. The van der Waals surface area contributed by atoms with Gasteiger partial charge in [-0.15, -0.1) is 0 Å². The van der Waals surface area contributed by atoms with E-state index in [1.165, 1.54) is 4.57 Å². The Morgan fingerprint density at radius 3 is 3.04 bits per heavy atom. The summed E-state index contributed by atoms with van der Waals surface area (Å²) in [7, 11) is 0. The van der Waals surface area contributed by atoms with Crippen LogP contribution in [-0.2, 0) is 11.3 Å². The van der Waals surface area contributed by atoms with Gasteiger partial charge in [-0.2, -0.15) is 0 Å².